The summed E-state index contributed by atoms with van der Waals surface area (Å²) in [6.45, 7) is 0.466. The van der Waals surface area contributed by atoms with Crippen molar-refractivity contribution in [3.8, 4) is 5.75 Å². The molecule has 0 saturated carbocycles. The van der Waals surface area contributed by atoms with E-state index in [2.05, 4.69) is 4.98 Å². The molecular weight excluding hydrogens is 258 g/mol. The number of rotatable bonds is 5. The minimum atomic E-state index is -0.473. The van der Waals surface area contributed by atoms with E-state index in [0.717, 1.165) is 24.2 Å². The number of hydrogen-bond acceptors (Lipinski definition) is 4. The minimum Gasteiger partial charge on any atom is -0.497 e. The number of ether oxygens (including phenoxy) is 1. The number of nitrogen functional groups attached to an aromatic ring is 1. The number of anilines is 1. The van der Waals surface area contributed by atoms with E-state index in [0.29, 0.717) is 6.54 Å². The van der Waals surface area contributed by atoms with Crippen molar-refractivity contribution in [2.75, 3.05) is 12.8 Å². The van der Waals surface area contributed by atoms with Gasteiger partial charge in [-0.25, -0.2) is 4.79 Å². The molecule has 0 unspecified atom stereocenters. The molecule has 0 amide bonds. The van der Waals surface area contributed by atoms with Crippen molar-refractivity contribution >= 4 is 5.82 Å². The largest absolute Gasteiger partial charge is 0.497 e. The first-order valence-corrected chi connectivity index (χ1v) is 6.33. The Bertz CT molecular complexity index is 686. The van der Waals surface area contributed by atoms with Crippen LogP contribution in [0.2, 0.25) is 0 Å². The standard InChI is InChI=1S/C14H17N3O3/c1-20-11-6-4-10(5-7-11)3-2-8-17-12(15)9-13(18)16-14(17)19/h4-7,9H,2-3,8,15H2,1H3,(H,16,18,19). The number of hydrogen-bond donors (Lipinski definition) is 2. The molecule has 0 fully saturated rings. The minimum absolute atomic E-state index is 0.188. The van der Waals surface area contributed by atoms with Crippen LogP contribution in [0, 0.1) is 0 Å². The molecule has 2 aromatic rings. The van der Waals surface area contributed by atoms with Crippen LogP contribution in [-0.2, 0) is 13.0 Å². The molecule has 0 bridgehead atoms. The van der Waals surface area contributed by atoms with Gasteiger partial charge < -0.3 is 10.5 Å². The smallest absolute Gasteiger partial charge is 0.329 e. The van der Waals surface area contributed by atoms with Crippen molar-refractivity contribution < 1.29 is 4.74 Å². The van der Waals surface area contributed by atoms with E-state index in [4.69, 9.17) is 10.5 Å². The second kappa shape index (κ2) is 6.10. The molecule has 6 heteroatoms. The second-order valence-electron chi connectivity index (χ2n) is 4.47. The van der Waals surface area contributed by atoms with E-state index in [1.165, 1.54) is 10.6 Å². The summed E-state index contributed by atoms with van der Waals surface area (Å²) in [5.74, 6) is 1.00. The summed E-state index contributed by atoms with van der Waals surface area (Å²) in [5.41, 5.74) is 5.88. The van der Waals surface area contributed by atoms with Gasteiger partial charge in [0.1, 0.15) is 11.6 Å². The predicted molar refractivity (Wildman–Crippen MR) is 77.1 cm³/mol. The lowest BCUT2D eigenvalue weighted by atomic mass is 10.1. The zero-order valence-corrected chi connectivity index (χ0v) is 11.3. The zero-order chi connectivity index (χ0) is 14.5. The molecule has 0 aliphatic carbocycles. The monoisotopic (exact) mass is 275 g/mol. The van der Waals surface area contributed by atoms with Gasteiger partial charge in [0.25, 0.3) is 5.56 Å². The summed E-state index contributed by atoms with van der Waals surface area (Å²) in [4.78, 5) is 24.9. The van der Waals surface area contributed by atoms with Crippen molar-refractivity contribution in [1.29, 1.82) is 0 Å². The molecular formula is C14H17N3O3. The van der Waals surface area contributed by atoms with Gasteiger partial charge >= 0.3 is 5.69 Å². The first-order chi connectivity index (χ1) is 9.60. The number of aromatic nitrogens is 2. The number of nitrogens with zero attached hydrogens (tertiary/aromatic N) is 1. The third kappa shape index (κ3) is 3.28. The predicted octanol–water partition coefficient (Wildman–Crippen LogP) is 0.760. The van der Waals surface area contributed by atoms with Crippen LogP contribution in [0.25, 0.3) is 0 Å². The Hall–Kier alpha value is -2.50. The summed E-state index contributed by atoms with van der Waals surface area (Å²) in [5, 5.41) is 0. The molecule has 1 aromatic heterocycles. The number of aryl methyl sites for hydroxylation is 1. The number of benzene rings is 1. The lowest BCUT2D eigenvalue weighted by molar-refractivity contribution is 0.414. The van der Waals surface area contributed by atoms with Crippen LogP contribution in [-0.4, -0.2) is 16.7 Å². The Morgan fingerprint density at radius 1 is 1.25 bits per heavy atom. The highest BCUT2D eigenvalue weighted by Gasteiger charge is 2.03. The molecule has 0 saturated heterocycles. The molecule has 0 aliphatic rings. The summed E-state index contributed by atoms with van der Waals surface area (Å²) in [6, 6.07) is 8.98. The maximum absolute atomic E-state index is 11.6. The lowest BCUT2D eigenvalue weighted by Crippen LogP contribution is -2.31. The second-order valence-corrected chi connectivity index (χ2v) is 4.47. The summed E-state index contributed by atoms with van der Waals surface area (Å²) in [7, 11) is 1.63. The number of methoxy groups -OCH3 is 1. The Morgan fingerprint density at radius 2 is 1.95 bits per heavy atom. The average molecular weight is 275 g/mol. The molecule has 20 heavy (non-hydrogen) atoms. The van der Waals surface area contributed by atoms with E-state index in [1.54, 1.807) is 7.11 Å². The van der Waals surface area contributed by atoms with E-state index in [9.17, 15) is 9.59 Å². The van der Waals surface area contributed by atoms with Gasteiger partial charge in [-0.1, -0.05) is 12.1 Å². The van der Waals surface area contributed by atoms with Crippen molar-refractivity contribution in [1.82, 2.24) is 9.55 Å². The van der Waals surface area contributed by atoms with E-state index >= 15 is 0 Å². The zero-order valence-electron chi connectivity index (χ0n) is 11.3. The van der Waals surface area contributed by atoms with Crippen molar-refractivity contribution in [3.63, 3.8) is 0 Å². The van der Waals surface area contributed by atoms with Crippen LogP contribution < -0.4 is 21.7 Å². The maximum atomic E-state index is 11.6. The molecule has 0 atom stereocenters. The van der Waals surface area contributed by atoms with Gasteiger partial charge in [0, 0.05) is 12.6 Å². The summed E-state index contributed by atoms with van der Waals surface area (Å²) in [6.07, 6.45) is 1.57. The molecule has 6 nitrogen and oxygen atoms in total. The van der Waals surface area contributed by atoms with Gasteiger partial charge in [0.15, 0.2) is 0 Å². The van der Waals surface area contributed by atoms with E-state index < -0.39 is 11.2 Å². The van der Waals surface area contributed by atoms with Crippen LogP contribution in [0.15, 0.2) is 39.9 Å². The third-order valence-corrected chi connectivity index (χ3v) is 3.07. The Morgan fingerprint density at radius 3 is 2.55 bits per heavy atom. The molecule has 0 radical (unpaired) electrons. The Labute approximate surface area is 115 Å². The first kappa shape index (κ1) is 13.9. The normalized spacial score (nSPS) is 10.4. The number of nitrogens with one attached hydrogen (secondary N) is 1. The molecule has 2 rings (SSSR count). The highest BCUT2D eigenvalue weighted by atomic mass is 16.5. The summed E-state index contributed by atoms with van der Waals surface area (Å²) >= 11 is 0. The van der Waals surface area contributed by atoms with Gasteiger partial charge in [0.2, 0.25) is 0 Å². The fraction of sp³-hybridized carbons (Fsp3) is 0.286. The van der Waals surface area contributed by atoms with Crippen LogP contribution in [0.3, 0.4) is 0 Å². The number of H-pyrrole nitrogens is 1. The molecule has 3 N–H and O–H groups in total. The number of aromatic amines is 1. The van der Waals surface area contributed by atoms with E-state index in [-0.39, 0.29) is 5.82 Å². The van der Waals surface area contributed by atoms with E-state index in [1.807, 2.05) is 24.3 Å². The van der Waals surface area contributed by atoms with Crippen molar-refractivity contribution in [2.45, 2.75) is 19.4 Å². The molecule has 0 spiro atoms. The SMILES string of the molecule is COc1ccc(CCCn2c(N)cc(=O)[nH]c2=O)cc1. The molecule has 106 valence electrons. The fourth-order valence-electron chi connectivity index (χ4n) is 2.00. The Kier molecular flexibility index (Phi) is 4.24. The van der Waals surface area contributed by atoms with Crippen LogP contribution in [0.5, 0.6) is 5.75 Å². The molecule has 0 aliphatic heterocycles. The van der Waals surface area contributed by atoms with Crippen LogP contribution >= 0.6 is 0 Å². The van der Waals surface area contributed by atoms with Gasteiger partial charge in [-0.15, -0.1) is 0 Å². The van der Waals surface area contributed by atoms with Crippen molar-refractivity contribution in [3.05, 3.63) is 56.7 Å². The fourth-order valence-corrected chi connectivity index (χ4v) is 2.00. The van der Waals surface area contributed by atoms with Gasteiger partial charge in [-0.3, -0.25) is 14.3 Å². The molecule has 1 aromatic carbocycles. The molecule has 1 heterocycles. The van der Waals surface area contributed by atoms with Crippen molar-refractivity contribution in [2.24, 2.45) is 0 Å². The third-order valence-electron chi connectivity index (χ3n) is 3.07. The Balaban J connectivity index is 1.99. The number of nitrogens with two attached hydrogens (primary N) is 1. The average Bonchev–Trinajstić information content (AvgIpc) is 2.42. The van der Waals surface area contributed by atoms with Gasteiger partial charge in [-0.05, 0) is 30.5 Å². The van der Waals surface area contributed by atoms with Gasteiger partial charge in [0.05, 0.1) is 7.11 Å². The van der Waals surface area contributed by atoms with Crippen LogP contribution in [0.4, 0.5) is 5.82 Å². The quantitative estimate of drug-likeness (QED) is 0.843. The summed E-state index contributed by atoms with van der Waals surface area (Å²) < 4.78 is 6.46. The topological polar surface area (TPSA) is 90.1 Å². The lowest BCUT2D eigenvalue weighted by Gasteiger charge is -2.08. The highest BCUT2D eigenvalue weighted by molar-refractivity contribution is 5.28. The van der Waals surface area contributed by atoms with Crippen LogP contribution in [0.1, 0.15) is 12.0 Å². The first-order valence-electron chi connectivity index (χ1n) is 6.33. The maximum Gasteiger partial charge on any atom is 0.329 e. The van der Waals surface area contributed by atoms with Gasteiger partial charge in [-0.2, -0.15) is 0 Å². The highest BCUT2D eigenvalue weighted by Crippen LogP contribution is 2.12.